The fraction of sp³-hybridized carbons (Fsp3) is 0.650. The van der Waals surface area contributed by atoms with E-state index in [4.69, 9.17) is 0 Å². The predicted molar refractivity (Wildman–Crippen MR) is 93.1 cm³/mol. The number of hydrogen-bond acceptors (Lipinski definition) is 0. The summed E-state index contributed by atoms with van der Waals surface area (Å²) in [6, 6.07) is 0. The van der Waals surface area contributed by atoms with E-state index in [1.807, 2.05) is 6.08 Å². The highest BCUT2D eigenvalue weighted by atomic mass is 13.9. The molecular formula is C20H34. The van der Waals surface area contributed by atoms with Crippen molar-refractivity contribution >= 4 is 0 Å². The minimum atomic E-state index is 1.01. The minimum absolute atomic E-state index is 1.01. The summed E-state index contributed by atoms with van der Waals surface area (Å²) in [5.41, 5.74) is 3.20. The maximum absolute atomic E-state index is 3.20. The normalized spacial score (nSPS) is 11.1. The average molecular weight is 274 g/mol. The van der Waals surface area contributed by atoms with E-state index in [0.29, 0.717) is 0 Å². The van der Waals surface area contributed by atoms with Crippen LogP contribution in [0.25, 0.3) is 0 Å². The molecule has 0 aliphatic carbocycles. The molecule has 0 heterocycles. The van der Waals surface area contributed by atoms with Gasteiger partial charge in [-0.15, -0.1) is 5.73 Å². The van der Waals surface area contributed by atoms with Crippen molar-refractivity contribution in [2.45, 2.75) is 84.5 Å². The standard InChI is InChI=1S/C20H34/c1-3-5-7-9-11-13-15-17-19-20-18-16-14-12-10-8-6-4-2/h9,11,13,17-18,20H,3-8,10,12,14,16,19H2,1-2H3/b11-9+,20-18+. The van der Waals surface area contributed by atoms with Gasteiger partial charge in [0.15, 0.2) is 0 Å². The quantitative estimate of drug-likeness (QED) is 0.145. The number of hydrogen-bond donors (Lipinski definition) is 0. The summed E-state index contributed by atoms with van der Waals surface area (Å²) in [5.74, 6) is 0. The monoisotopic (exact) mass is 274 g/mol. The van der Waals surface area contributed by atoms with Gasteiger partial charge in [0.25, 0.3) is 0 Å². The Kier molecular flexibility index (Phi) is 17.1. The van der Waals surface area contributed by atoms with E-state index in [0.717, 1.165) is 6.42 Å². The molecule has 0 aromatic rings. The number of allylic oxidation sites excluding steroid dienone is 5. The first-order valence-electron chi connectivity index (χ1n) is 8.62. The maximum Gasteiger partial charge on any atom is -0.00929 e. The van der Waals surface area contributed by atoms with Crippen LogP contribution < -0.4 is 0 Å². The summed E-state index contributed by atoms with van der Waals surface area (Å²) in [6.07, 6.45) is 27.3. The number of unbranched alkanes of at least 4 members (excludes halogenated alkanes) is 8. The van der Waals surface area contributed by atoms with Crippen LogP contribution in [0.5, 0.6) is 0 Å². The van der Waals surface area contributed by atoms with E-state index in [1.165, 1.54) is 64.2 Å². The molecule has 0 bridgehead atoms. The fourth-order valence-electron chi connectivity index (χ4n) is 2.00. The fourth-order valence-corrected chi connectivity index (χ4v) is 2.00. The first-order valence-corrected chi connectivity index (χ1v) is 8.62. The van der Waals surface area contributed by atoms with E-state index in [-0.39, 0.29) is 0 Å². The third-order valence-corrected chi connectivity index (χ3v) is 3.32. The molecule has 0 atom stereocenters. The summed E-state index contributed by atoms with van der Waals surface area (Å²) in [4.78, 5) is 0. The molecule has 0 aliphatic rings. The molecule has 0 saturated heterocycles. The summed E-state index contributed by atoms with van der Waals surface area (Å²) < 4.78 is 0. The van der Waals surface area contributed by atoms with Crippen LogP contribution >= 0.6 is 0 Å². The predicted octanol–water partition coefficient (Wildman–Crippen LogP) is 7.14. The lowest BCUT2D eigenvalue weighted by atomic mass is 10.1. The van der Waals surface area contributed by atoms with Gasteiger partial charge in [0, 0.05) is 0 Å². The Morgan fingerprint density at radius 2 is 1.40 bits per heavy atom. The Bertz CT molecular complexity index is 287. The Morgan fingerprint density at radius 3 is 2.20 bits per heavy atom. The van der Waals surface area contributed by atoms with E-state index in [2.05, 4.69) is 50.0 Å². The van der Waals surface area contributed by atoms with Crippen LogP contribution in [0.4, 0.5) is 0 Å². The van der Waals surface area contributed by atoms with Crippen molar-refractivity contribution in [1.82, 2.24) is 0 Å². The molecule has 0 nitrogen and oxygen atoms in total. The smallest absolute Gasteiger partial charge is 0.00929 e. The summed E-state index contributed by atoms with van der Waals surface area (Å²) in [7, 11) is 0. The second-order valence-electron chi connectivity index (χ2n) is 5.37. The van der Waals surface area contributed by atoms with Crippen molar-refractivity contribution in [2.75, 3.05) is 0 Å². The Hall–Kier alpha value is -1.00. The summed E-state index contributed by atoms with van der Waals surface area (Å²) in [6.45, 7) is 4.49. The molecule has 0 saturated carbocycles. The van der Waals surface area contributed by atoms with Crippen molar-refractivity contribution in [3.05, 3.63) is 42.2 Å². The highest BCUT2D eigenvalue weighted by molar-refractivity contribution is 5.03. The van der Waals surface area contributed by atoms with Gasteiger partial charge in [0.2, 0.25) is 0 Å². The van der Waals surface area contributed by atoms with Crippen LogP contribution in [0.15, 0.2) is 42.2 Å². The lowest BCUT2D eigenvalue weighted by Gasteiger charge is -1.97. The van der Waals surface area contributed by atoms with E-state index in [1.54, 1.807) is 0 Å². The average Bonchev–Trinajstić information content (AvgIpc) is 2.47. The highest BCUT2D eigenvalue weighted by Gasteiger charge is 1.87. The Balaban J connectivity index is 3.37. The van der Waals surface area contributed by atoms with E-state index >= 15 is 0 Å². The van der Waals surface area contributed by atoms with Gasteiger partial charge in [0.05, 0.1) is 0 Å². The van der Waals surface area contributed by atoms with Gasteiger partial charge in [-0.2, -0.15) is 0 Å². The van der Waals surface area contributed by atoms with Crippen LogP contribution in [0, 0.1) is 0 Å². The molecule has 0 amide bonds. The van der Waals surface area contributed by atoms with Gasteiger partial charge in [-0.1, -0.05) is 83.1 Å². The molecule has 114 valence electrons. The van der Waals surface area contributed by atoms with E-state index < -0.39 is 0 Å². The van der Waals surface area contributed by atoms with Crippen molar-refractivity contribution < 1.29 is 0 Å². The van der Waals surface area contributed by atoms with Gasteiger partial charge in [-0.25, -0.2) is 0 Å². The number of rotatable bonds is 13. The van der Waals surface area contributed by atoms with Crippen LogP contribution in [-0.4, -0.2) is 0 Å². The van der Waals surface area contributed by atoms with Gasteiger partial charge in [0.1, 0.15) is 0 Å². The SMILES string of the molecule is CCCC/C=C/C=C=CC/C=C/CCCCCCCC. The highest BCUT2D eigenvalue weighted by Crippen LogP contribution is 2.07. The molecule has 0 aliphatic heterocycles. The second-order valence-corrected chi connectivity index (χ2v) is 5.37. The largest absolute Gasteiger partial charge is 0.125 e. The lowest BCUT2D eigenvalue weighted by molar-refractivity contribution is 0.611. The molecule has 0 radical (unpaired) electrons. The maximum atomic E-state index is 3.20. The Labute approximate surface area is 127 Å². The molecule has 0 rings (SSSR count). The van der Waals surface area contributed by atoms with Gasteiger partial charge in [-0.05, 0) is 37.8 Å². The summed E-state index contributed by atoms with van der Waals surface area (Å²) >= 11 is 0. The van der Waals surface area contributed by atoms with Crippen LogP contribution in [0.1, 0.15) is 84.5 Å². The molecule has 0 spiro atoms. The van der Waals surface area contributed by atoms with Crippen LogP contribution in [-0.2, 0) is 0 Å². The summed E-state index contributed by atoms with van der Waals surface area (Å²) in [5, 5.41) is 0. The van der Waals surface area contributed by atoms with Gasteiger partial charge < -0.3 is 0 Å². The molecule has 0 fully saturated rings. The lowest BCUT2D eigenvalue weighted by Crippen LogP contribution is -1.77. The topological polar surface area (TPSA) is 0 Å². The van der Waals surface area contributed by atoms with Gasteiger partial charge >= 0.3 is 0 Å². The molecule has 0 aromatic heterocycles. The van der Waals surface area contributed by atoms with Crippen molar-refractivity contribution in [3.63, 3.8) is 0 Å². The van der Waals surface area contributed by atoms with Gasteiger partial charge in [-0.3, -0.25) is 0 Å². The zero-order valence-electron chi connectivity index (χ0n) is 13.7. The second kappa shape index (κ2) is 18.0. The molecular weight excluding hydrogens is 240 g/mol. The van der Waals surface area contributed by atoms with Crippen LogP contribution in [0.3, 0.4) is 0 Å². The van der Waals surface area contributed by atoms with Crippen LogP contribution in [0.2, 0.25) is 0 Å². The third kappa shape index (κ3) is 17.0. The molecule has 0 N–H and O–H groups in total. The minimum Gasteiger partial charge on any atom is -0.125 e. The Morgan fingerprint density at radius 1 is 0.700 bits per heavy atom. The molecule has 0 unspecified atom stereocenters. The third-order valence-electron chi connectivity index (χ3n) is 3.32. The van der Waals surface area contributed by atoms with Crippen molar-refractivity contribution in [3.8, 4) is 0 Å². The first-order chi connectivity index (χ1) is 9.91. The van der Waals surface area contributed by atoms with Crippen molar-refractivity contribution in [1.29, 1.82) is 0 Å². The van der Waals surface area contributed by atoms with E-state index in [9.17, 15) is 0 Å². The van der Waals surface area contributed by atoms with Crippen molar-refractivity contribution in [2.24, 2.45) is 0 Å². The molecule has 0 heteroatoms. The zero-order chi connectivity index (χ0) is 14.7. The molecule has 20 heavy (non-hydrogen) atoms. The zero-order valence-corrected chi connectivity index (χ0v) is 13.7. The first kappa shape index (κ1) is 19.0. The molecule has 0 aromatic carbocycles.